The number of halogens is 1. The molecule has 1 aromatic heterocycles. The zero-order valence-corrected chi connectivity index (χ0v) is 12.5. The molecule has 0 fully saturated rings. The van der Waals surface area contributed by atoms with Gasteiger partial charge in [0.1, 0.15) is 6.61 Å². The van der Waals surface area contributed by atoms with Crippen LogP contribution in [0.4, 0.5) is 4.39 Å². The van der Waals surface area contributed by atoms with Gasteiger partial charge in [-0.15, -0.1) is 0 Å². The number of nitrogens with zero attached hydrogens (tertiary/aromatic N) is 2. The van der Waals surface area contributed by atoms with E-state index in [2.05, 4.69) is 9.97 Å². The van der Waals surface area contributed by atoms with Crippen LogP contribution >= 0.6 is 0 Å². The molecule has 1 heterocycles. The summed E-state index contributed by atoms with van der Waals surface area (Å²) in [5, 5.41) is 8.48. The molecule has 126 valence electrons. The van der Waals surface area contributed by atoms with Crippen LogP contribution in [0.3, 0.4) is 0 Å². The lowest BCUT2D eigenvalue weighted by Crippen LogP contribution is -2.13. The molecule has 0 aromatic carbocycles. The SMILES string of the molecule is COc1cc(OCCOCCOCCOCCO)nc(F)n1. The highest BCUT2D eigenvalue weighted by molar-refractivity contribution is 5.18. The van der Waals surface area contributed by atoms with Gasteiger partial charge in [-0.3, -0.25) is 0 Å². The van der Waals surface area contributed by atoms with Gasteiger partial charge in [-0.2, -0.15) is 14.4 Å². The zero-order chi connectivity index (χ0) is 16.0. The van der Waals surface area contributed by atoms with Crippen molar-refractivity contribution in [1.82, 2.24) is 9.97 Å². The van der Waals surface area contributed by atoms with Crippen LogP contribution in [-0.2, 0) is 14.2 Å². The Labute approximate surface area is 128 Å². The second-order valence-electron chi connectivity index (χ2n) is 3.93. The van der Waals surface area contributed by atoms with Crippen molar-refractivity contribution in [3.63, 3.8) is 0 Å². The van der Waals surface area contributed by atoms with E-state index in [0.717, 1.165) is 0 Å². The van der Waals surface area contributed by atoms with E-state index in [9.17, 15) is 4.39 Å². The van der Waals surface area contributed by atoms with E-state index in [-0.39, 0.29) is 25.0 Å². The molecular formula is C13H21FN2O6. The number of aromatic nitrogens is 2. The van der Waals surface area contributed by atoms with Crippen molar-refractivity contribution >= 4 is 0 Å². The fourth-order valence-electron chi connectivity index (χ4n) is 1.37. The molecule has 9 heteroatoms. The normalized spacial score (nSPS) is 10.7. The maximum absolute atomic E-state index is 13.0. The van der Waals surface area contributed by atoms with Gasteiger partial charge in [-0.1, -0.05) is 0 Å². The molecule has 0 saturated carbocycles. The Balaban J connectivity index is 1.98. The van der Waals surface area contributed by atoms with Crippen molar-refractivity contribution < 1.29 is 33.2 Å². The number of aliphatic hydroxyl groups is 1. The molecule has 1 rings (SSSR count). The third kappa shape index (κ3) is 8.67. The topological polar surface area (TPSA) is 92.2 Å². The van der Waals surface area contributed by atoms with Crippen molar-refractivity contribution in [3.05, 3.63) is 12.1 Å². The lowest BCUT2D eigenvalue weighted by molar-refractivity contribution is 0.00337. The van der Waals surface area contributed by atoms with Gasteiger partial charge in [-0.25, -0.2) is 0 Å². The number of hydrogen-bond acceptors (Lipinski definition) is 8. The van der Waals surface area contributed by atoms with Crippen molar-refractivity contribution in [2.45, 2.75) is 0 Å². The van der Waals surface area contributed by atoms with Gasteiger partial charge in [0.05, 0.1) is 59.4 Å². The second kappa shape index (κ2) is 12.0. The Hall–Kier alpha value is -1.55. The highest BCUT2D eigenvalue weighted by atomic mass is 19.1. The average molecular weight is 320 g/mol. The third-order valence-corrected chi connectivity index (χ3v) is 2.32. The van der Waals surface area contributed by atoms with Crippen LogP contribution in [0.2, 0.25) is 0 Å². The minimum Gasteiger partial charge on any atom is -0.481 e. The molecule has 8 nitrogen and oxygen atoms in total. The van der Waals surface area contributed by atoms with E-state index >= 15 is 0 Å². The predicted molar refractivity (Wildman–Crippen MR) is 73.6 cm³/mol. The molecule has 0 atom stereocenters. The monoisotopic (exact) mass is 320 g/mol. The molecule has 0 radical (unpaired) electrons. The van der Waals surface area contributed by atoms with Gasteiger partial charge >= 0.3 is 6.08 Å². The lowest BCUT2D eigenvalue weighted by atomic mass is 10.6. The number of rotatable bonds is 13. The molecule has 0 saturated heterocycles. The summed E-state index contributed by atoms with van der Waals surface area (Å²) in [5.41, 5.74) is 0. The summed E-state index contributed by atoms with van der Waals surface area (Å²) in [7, 11) is 1.38. The summed E-state index contributed by atoms with van der Waals surface area (Å²) >= 11 is 0. The number of aliphatic hydroxyl groups excluding tert-OH is 1. The first-order valence-electron chi connectivity index (χ1n) is 6.81. The Morgan fingerprint density at radius 3 is 2.05 bits per heavy atom. The lowest BCUT2D eigenvalue weighted by Gasteiger charge is -2.08. The smallest absolute Gasteiger partial charge is 0.315 e. The van der Waals surface area contributed by atoms with Crippen LogP contribution in [0, 0.1) is 6.08 Å². The summed E-state index contributed by atoms with van der Waals surface area (Å²) in [5.74, 6) is 0.186. The first-order valence-corrected chi connectivity index (χ1v) is 6.81. The Kier molecular flexibility index (Phi) is 10.1. The number of ether oxygens (including phenoxy) is 5. The van der Waals surface area contributed by atoms with Crippen LogP contribution in [0.15, 0.2) is 6.07 Å². The van der Waals surface area contributed by atoms with Crippen LogP contribution in [-0.4, -0.2) is 75.0 Å². The molecule has 0 aliphatic heterocycles. The van der Waals surface area contributed by atoms with Crippen molar-refractivity contribution in [2.75, 3.05) is 60.0 Å². The first kappa shape index (κ1) is 18.5. The van der Waals surface area contributed by atoms with E-state index in [4.69, 9.17) is 28.8 Å². The zero-order valence-electron chi connectivity index (χ0n) is 12.5. The Bertz CT molecular complexity index is 410. The molecule has 0 aliphatic carbocycles. The third-order valence-electron chi connectivity index (χ3n) is 2.32. The molecule has 22 heavy (non-hydrogen) atoms. The van der Waals surface area contributed by atoms with Crippen LogP contribution in [0.5, 0.6) is 11.8 Å². The highest BCUT2D eigenvalue weighted by Crippen LogP contribution is 2.14. The van der Waals surface area contributed by atoms with Gasteiger partial charge < -0.3 is 28.8 Å². The summed E-state index contributed by atoms with van der Waals surface area (Å²) in [6.07, 6.45) is -0.910. The summed E-state index contributed by atoms with van der Waals surface area (Å²) < 4.78 is 38.5. The molecule has 0 spiro atoms. The van der Waals surface area contributed by atoms with E-state index in [1.165, 1.54) is 13.2 Å². The predicted octanol–water partition coefficient (Wildman–Crippen LogP) is 0.0452. The van der Waals surface area contributed by atoms with Crippen molar-refractivity contribution in [2.24, 2.45) is 0 Å². The van der Waals surface area contributed by atoms with Gasteiger partial charge in [0.2, 0.25) is 11.8 Å². The number of methoxy groups -OCH3 is 1. The Morgan fingerprint density at radius 2 is 1.45 bits per heavy atom. The standard InChI is InChI=1S/C13H21FN2O6/c1-18-11-10-12(16-13(14)15-11)22-9-8-21-7-6-20-5-4-19-3-2-17/h10,17H,2-9H2,1H3. The maximum Gasteiger partial charge on any atom is 0.315 e. The highest BCUT2D eigenvalue weighted by Gasteiger charge is 2.05. The van der Waals surface area contributed by atoms with Gasteiger partial charge in [-0.05, 0) is 0 Å². The number of hydrogen-bond donors (Lipinski definition) is 1. The average Bonchev–Trinajstić information content (AvgIpc) is 2.52. The van der Waals surface area contributed by atoms with Gasteiger partial charge in [0.15, 0.2) is 0 Å². The van der Waals surface area contributed by atoms with Gasteiger partial charge in [0.25, 0.3) is 0 Å². The Morgan fingerprint density at radius 1 is 0.909 bits per heavy atom. The molecule has 0 aliphatic rings. The second-order valence-corrected chi connectivity index (χ2v) is 3.93. The van der Waals surface area contributed by atoms with Crippen molar-refractivity contribution in [3.8, 4) is 11.8 Å². The molecule has 0 amide bonds. The first-order chi connectivity index (χ1) is 10.8. The molecule has 0 unspecified atom stereocenters. The minimum absolute atomic E-state index is 0.00518. The van der Waals surface area contributed by atoms with Crippen LogP contribution < -0.4 is 9.47 Å². The molecule has 1 N–H and O–H groups in total. The molecular weight excluding hydrogens is 299 g/mol. The molecule has 1 aromatic rings. The summed E-state index contributed by atoms with van der Waals surface area (Å²) in [6.45, 7) is 2.57. The summed E-state index contributed by atoms with van der Waals surface area (Å²) in [6, 6.07) is 1.39. The van der Waals surface area contributed by atoms with E-state index in [1.54, 1.807) is 0 Å². The van der Waals surface area contributed by atoms with Crippen LogP contribution in [0.25, 0.3) is 0 Å². The minimum atomic E-state index is -0.910. The summed E-state index contributed by atoms with van der Waals surface area (Å²) in [4.78, 5) is 6.88. The molecule has 0 bridgehead atoms. The quantitative estimate of drug-likeness (QED) is 0.402. The largest absolute Gasteiger partial charge is 0.481 e. The van der Waals surface area contributed by atoms with Crippen LogP contribution in [0.1, 0.15) is 0 Å². The maximum atomic E-state index is 13.0. The van der Waals surface area contributed by atoms with Crippen molar-refractivity contribution in [1.29, 1.82) is 0 Å². The van der Waals surface area contributed by atoms with E-state index in [0.29, 0.717) is 39.6 Å². The fourth-order valence-corrected chi connectivity index (χ4v) is 1.37. The van der Waals surface area contributed by atoms with E-state index in [1.807, 2.05) is 0 Å². The van der Waals surface area contributed by atoms with Gasteiger partial charge in [0, 0.05) is 0 Å². The van der Waals surface area contributed by atoms with E-state index < -0.39 is 6.08 Å². The fraction of sp³-hybridized carbons (Fsp3) is 0.692.